The van der Waals surface area contributed by atoms with E-state index >= 15 is 0 Å². The van der Waals surface area contributed by atoms with Crippen molar-refractivity contribution in [1.29, 1.82) is 0 Å². The molecule has 0 radical (unpaired) electrons. The number of hydrogen-bond acceptors (Lipinski definition) is 2. The number of piperidine rings is 1. The molecule has 2 rings (SSSR count). The smallest absolute Gasteiger partial charge is 0.165 e. The largest absolute Gasteiger partial charge is 0.505 e. The number of benzene rings is 1. The van der Waals surface area contributed by atoms with Crippen LogP contribution < -0.4 is 5.32 Å². The lowest BCUT2D eigenvalue weighted by Gasteiger charge is -2.24. The Labute approximate surface area is 89.1 Å². The van der Waals surface area contributed by atoms with E-state index in [2.05, 4.69) is 5.32 Å². The Morgan fingerprint density at radius 1 is 1.33 bits per heavy atom. The summed E-state index contributed by atoms with van der Waals surface area (Å²) in [7, 11) is 0. The summed E-state index contributed by atoms with van der Waals surface area (Å²) >= 11 is 0. The normalized spacial score (nSPS) is 18.0. The molecule has 0 atom stereocenters. The highest BCUT2D eigenvalue weighted by molar-refractivity contribution is 5.39. The molecule has 1 aromatic carbocycles. The van der Waals surface area contributed by atoms with Crippen LogP contribution in [-0.2, 0) is 0 Å². The number of halogens is 1. The number of phenolic OH excluding ortho intramolecular Hbond substituents is 1. The lowest BCUT2D eigenvalue weighted by atomic mass is 9.88. The van der Waals surface area contributed by atoms with Crippen molar-refractivity contribution < 1.29 is 9.50 Å². The van der Waals surface area contributed by atoms with Crippen LogP contribution in [0.25, 0.3) is 0 Å². The van der Waals surface area contributed by atoms with Crippen molar-refractivity contribution in [3.05, 3.63) is 29.1 Å². The minimum Gasteiger partial charge on any atom is -0.505 e. The quantitative estimate of drug-likeness (QED) is 0.744. The number of aryl methyl sites for hydroxylation is 1. The third-order valence-corrected chi connectivity index (χ3v) is 3.02. The number of rotatable bonds is 1. The first-order valence-electron chi connectivity index (χ1n) is 5.38. The lowest BCUT2D eigenvalue weighted by molar-refractivity contribution is 0.400. The van der Waals surface area contributed by atoms with E-state index in [4.69, 9.17) is 0 Å². The summed E-state index contributed by atoms with van der Waals surface area (Å²) in [6.07, 6.45) is 1.94. The molecule has 1 fully saturated rings. The maximum atomic E-state index is 13.3. The van der Waals surface area contributed by atoms with Crippen molar-refractivity contribution in [3.63, 3.8) is 0 Å². The molecule has 1 aromatic rings. The van der Waals surface area contributed by atoms with E-state index in [-0.39, 0.29) is 5.75 Å². The Hall–Kier alpha value is -1.09. The standard InChI is InChI=1S/C12H16FNO/c1-8-6-10(12(15)11(13)7-8)9-2-4-14-5-3-9/h6-7,9,14-15H,2-5H2,1H3. The van der Waals surface area contributed by atoms with Crippen LogP contribution in [0.15, 0.2) is 12.1 Å². The maximum Gasteiger partial charge on any atom is 0.165 e. The zero-order chi connectivity index (χ0) is 10.8. The van der Waals surface area contributed by atoms with E-state index in [1.807, 2.05) is 13.0 Å². The molecule has 1 saturated heterocycles. The van der Waals surface area contributed by atoms with Gasteiger partial charge in [0.05, 0.1) is 0 Å². The van der Waals surface area contributed by atoms with Gasteiger partial charge in [0.15, 0.2) is 11.6 Å². The van der Waals surface area contributed by atoms with Gasteiger partial charge in [0.25, 0.3) is 0 Å². The number of aromatic hydroxyl groups is 1. The first kappa shape index (κ1) is 10.4. The average Bonchev–Trinajstić information content (AvgIpc) is 2.24. The second-order valence-electron chi connectivity index (χ2n) is 4.21. The lowest BCUT2D eigenvalue weighted by Crippen LogP contribution is -2.26. The van der Waals surface area contributed by atoms with Gasteiger partial charge in [-0.2, -0.15) is 0 Å². The van der Waals surface area contributed by atoms with Gasteiger partial charge >= 0.3 is 0 Å². The Balaban J connectivity index is 2.33. The molecule has 0 unspecified atom stereocenters. The fraction of sp³-hybridized carbons (Fsp3) is 0.500. The van der Waals surface area contributed by atoms with Crippen molar-refractivity contribution >= 4 is 0 Å². The van der Waals surface area contributed by atoms with E-state index < -0.39 is 5.82 Å². The molecule has 82 valence electrons. The van der Waals surface area contributed by atoms with Crippen molar-refractivity contribution in [2.24, 2.45) is 0 Å². The molecule has 2 nitrogen and oxygen atoms in total. The zero-order valence-corrected chi connectivity index (χ0v) is 8.89. The molecule has 0 aliphatic carbocycles. The van der Waals surface area contributed by atoms with Crippen LogP contribution in [0.3, 0.4) is 0 Å². The highest BCUT2D eigenvalue weighted by Gasteiger charge is 2.20. The zero-order valence-electron chi connectivity index (χ0n) is 8.89. The molecule has 1 heterocycles. The van der Waals surface area contributed by atoms with Crippen LogP contribution in [-0.4, -0.2) is 18.2 Å². The second-order valence-corrected chi connectivity index (χ2v) is 4.21. The van der Waals surface area contributed by atoms with Gasteiger partial charge in [-0.1, -0.05) is 6.07 Å². The van der Waals surface area contributed by atoms with Crippen molar-refractivity contribution in [2.45, 2.75) is 25.7 Å². The van der Waals surface area contributed by atoms with Gasteiger partial charge in [-0.15, -0.1) is 0 Å². The second kappa shape index (κ2) is 4.19. The van der Waals surface area contributed by atoms with Gasteiger partial charge in [0, 0.05) is 5.56 Å². The van der Waals surface area contributed by atoms with E-state index in [1.54, 1.807) is 0 Å². The molecule has 0 bridgehead atoms. The van der Waals surface area contributed by atoms with Gasteiger partial charge in [-0.3, -0.25) is 0 Å². The summed E-state index contributed by atoms with van der Waals surface area (Å²) in [5, 5.41) is 12.9. The van der Waals surface area contributed by atoms with E-state index in [0.717, 1.165) is 37.1 Å². The van der Waals surface area contributed by atoms with E-state index in [0.29, 0.717) is 5.92 Å². The Bertz CT molecular complexity index is 359. The molecule has 1 aliphatic heterocycles. The van der Waals surface area contributed by atoms with Gasteiger partial charge in [-0.05, 0) is 50.4 Å². The Kier molecular flexibility index (Phi) is 2.91. The van der Waals surface area contributed by atoms with Crippen molar-refractivity contribution in [1.82, 2.24) is 5.32 Å². The number of hydrogen-bond donors (Lipinski definition) is 2. The van der Waals surface area contributed by atoms with E-state index in [1.165, 1.54) is 6.07 Å². The average molecular weight is 209 g/mol. The molecular weight excluding hydrogens is 193 g/mol. The summed E-state index contributed by atoms with van der Waals surface area (Å²) in [5.41, 5.74) is 1.65. The first-order valence-corrected chi connectivity index (χ1v) is 5.38. The fourth-order valence-corrected chi connectivity index (χ4v) is 2.21. The van der Waals surface area contributed by atoms with Crippen LogP contribution in [0.1, 0.15) is 29.9 Å². The Morgan fingerprint density at radius 3 is 2.67 bits per heavy atom. The summed E-state index contributed by atoms with van der Waals surface area (Å²) in [6, 6.07) is 3.27. The van der Waals surface area contributed by atoms with Crippen LogP contribution in [0.4, 0.5) is 4.39 Å². The highest BCUT2D eigenvalue weighted by Crippen LogP contribution is 2.34. The van der Waals surface area contributed by atoms with Gasteiger partial charge in [0.2, 0.25) is 0 Å². The SMILES string of the molecule is Cc1cc(F)c(O)c(C2CCNCC2)c1. The van der Waals surface area contributed by atoms with Crippen LogP contribution in [0.5, 0.6) is 5.75 Å². The number of phenols is 1. The monoisotopic (exact) mass is 209 g/mol. The third kappa shape index (κ3) is 2.12. The van der Waals surface area contributed by atoms with Crippen LogP contribution in [0.2, 0.25) is 0 Å². The van der Waals surface area contributed by atoms with Crippen molar-refractivity contribution in [3.8, 4) is 5.75 Å². The molecule has 3 heteroatoms. The molecule has 0 aromatic heterocycles. The molecule has 0 spiro atoms. The molecule has 15 heavy (non-hydrogen) atoms. The minimum atomic E-state index is -0.497. The molecule has 1 aliphatic rings. The minimum absolute atomic E-state index is 0.160. The molecular formula is C12H16FNO. The predicted octanol–water partition coefficient (Wildman–Crippen LogP) is 2.31. The molecule has 0 amide bonds. The van der Waals surface area contributed by atoms with Gasteiger partial charge in [-0.25, -0.2) is 4.39 Å². The molecule has 0 saturated carbocycles. The summed E-state index contributed by atoms with van der Waals surface area (Å²) in [6.45, 7) is 3.74. The summed E-state index contributed by atoms with van der Waals surface area (Å²) < 4.78 is 13.3. The first-order chi connectivity index (χ1) is 7.18. The molecule has 2 N–H and O–H groups in total. The van der Waals surface area contributed by atoms with Crippen LogP contribution in [0, 0.1) is 12.7 Å². The number of nitrogens with one attached hydrogen (secondary N) is 1. The maximum absolute atomic E-state index is 13.3. The summed E-state index contributed by atoms with van der Waals surface area (Å²) in [4.78, 5) is 0. The topological polar surface area (TPSA) is 32.3 Å². The van der Waals surface area contributed by atoms with Crippen molar-refractivity contribution in [2.75, 3.05) is 13.1 Å². The Morgan fingerprint density at radius 2 is 2.00 bits per heavy atom. The predicted molar refractivity (Wildman–Crippen MR) is 57.6 cm³/mol. The highest BCUT2D eigenvalue weighted by atomic mass is 19.1. The van der Waals surface area contributed by atoms with Gasteiger partial charge < -0.3 is 10.4 Å². The fourth-order valence-electron chi connectivity index (χ4n) is 2.21. The van der Waals surface area contributed by atoms with Gasteiger partial charge in [0.1, 0.15) is 0 Å². The summed E-state index contributed by atoms with van der Waals surface area (Å²) in [5.74, 6) is -0.364. The van der Waals surface area contributed by atoms with E-state index in [9.17, 15) is 9.50 Å². The third-order valence-electron chi connectivity index (χ3n) is 3.02. The van der Waals surface area contributed by atoms with Crippen LogP contribution >= 0.6 is 0 Å².